The first-order valence-corrected chi connectivity index (χ1v) is 15.4. The molecule has 0 atom stereocenters. The third-order valence-corrected chi connectivity index (χ3v) is 8.68. The first kappa shape index (κ1) is 29.1. The summed E-state index contributed by atoms with van der Waals surface area (Å²) in [6.45, 7) is 11.9. The first-order chi connectivity index (χ1) is 18.5. The summed E-state index contributed by atoms with van der Waals surface area (Å²) in [5.41, 5.74) is 4.89. The van der Waals surface area contributed by atoms with Crippen LogP contribution in [0.5, 0.6) is 5.75 Å². The average molecular weight is 553 g/mol. The SMILES string of the molecule is CCCCCOc1ccc(NS(=O)(=O)c2ccc3c(c2)CCN(CCc2ccc(C(C)(C)C)cc2)C3)c(F)c1. The van der Waals surface area contributed by atoms with Crippen molar-refractivity contribution in [2.45, 2.75) is 76.7 Å². The lowest BCUT2D eigenvalue weighted by Gasteiger charge is -2.29. The summed E-state index contributed by atoms with van der Waals surface area (Å²) in [5.74, 6) is -0.264. The zero-order valence-electron chi connectivity index (χ0n) is 23.6. The van der Waals surface area contributed by atoms with Crippen LogP contribution in [0, 0.1) is 5.82 Å². The van der Waals surface area contributed by atoms with Gasteiger partial charge in [-0.2, -0.15) is 0 Å². The van der Waals surface area contributed by atoms with Crippen LogP contribution in [0.15, 0.2) is 65.6 Å². The highest BCUT2D eigenvalue weighted by atomic mass is 32.2. The molecule has 0 aromatic heterocycles. The Bertz CT molecular complexity index is 1370. The van der Waals surface area contributed by atoms with E-state index in [1.54, 1.807) is 18.2 Å². The highest BCUT2D eigenvalue weighted by Crippen LogP contribution is 2.27. The maximum absolute atomic E-state index is 14.6. The van der Waals surface area contributed by atoms with Gasteiger partial charge < -0.3 is 4.74 Å². The van der Waals surface area contributed by atoms with Gasteiger partial charge in [-0.25, -0.2) is 12.8 Å². The van der Waals surface area contributed by atoms with Crippen LogP contribution < -0.4 is 9.46 Å². The summed E-state index contributed by atoms with van der Waals surface area (Å²) in [5, 5.41) is 0. The summed E-state index contributed by atoms with van der Waals surface area (Å²) >= 11 is 0. The van der Waals surface area contributed by atoms with Gasteiger partial charge in [0.1, 0.15) is 5.75 Å². The molecule has 0 bridgehead atoms. The Hall–Kier alpha value is -2.90. The fraction of sp³-hybridized carbons (Fsp3) is 0.438. The van der Waals surface area contributed by atoms with E-state index in [9.17, 15) is 12.8 Å². The predicted molar refractivity (Wildman–Crippen MR) is 156 cm³/mol. The molecule has 1 aliphatic rings. The number of fused-ring (bicyclic) bond motifs is 1. The standard InChI is InChI=1S/C32H41FN2O3S/c1-5-6-7-20-38-28-13-15-31(30(33)22-28)34-39(36,37)29-14-10-26-23-35(19-17-25(26)21-29)18-16-24-8-11-27(12-9-24)32(2,3)4/h8-15,21-22,34H,5-7,16-20,23H2,1-4H3. The molecule has 0 radical (unpaired) electrons. The Morgan fingerprint density at radius 2 is 1.74 bits per heavy atom. The van der Waals surface area contributed by atoms with Crippen molar-refractivity contribution in [2.75, 3.05) is 24.4 Å². The molecule has 3 aromatic carbocycles. The molecular formula is C32H41FN2O3S. The molecule has 1 heterocycles. The smallest absolute Gasteiger partial charge is 0.261 e. The van der Waals surface area contributed by atoms with E-state index in [-0.39, 0.29) is 16.0 Å². The van der Waals surface area contributed by atoms with E-state index in [0.717, 1.165) is 62.9 Å². The molecule has 0 fully saturated rings. The van der Waals surface area contributed by atoms with Gasteiger partial charge in [0.2, 0.25) is 0 Å². The van der Waals surface area contributed by atoms with E-state index in [0.29, 0.717) is 12.4 Å². The second kappa shape index (κ2) is 12.5. The number of halogens is 1. The maximum Gasteiger partial charge on any atom is 0.261 e. The van der Waals surface area contributed by atoms with Crippen molar-refractivity contribution in [3.8, 4) is 5.75 Å². The van der Waals surface area contributed by atoms with Gasteiger partial charge in [0, 0.05) is 25.7 Å². The van der Waals surface area contributed by atoms with Crippen LogP contribution in [0.25, 0.3) is 0 Å². The second-order valence-corrected chi connectivity index (χ2v) is 13.1. The molecule has 3 aromatic rings. The van der Waals surface area contributed by atoms with Crippen molar-refractivity contribution < 1.29 is 17.5 Å². The van der Waals surface area contributed by atoms with Gasteiger partial charge in [0.15, 0.2) is 5.82 Å². The number of hydrogen-bond acceptors (Lipinski definition) is 4. The summed E-state index contributed by atoms with van der Waals surface area (Å²) < 4.78 is 48.7. The van der Waals surface area contributed by atoms with Gasteiger partial charge in [0.25, 0.3) is 10.0 Å². The zero-order valence-corrected chi connectivity index (χ0v) is 24.4. The molecule has 0 saturated heterocycles. The lowest BCUT2D eigenvalue weighted by atomic mass is 9.86. The molecule has 1 aliphatic heterocycles. The summed E-state index contributed by atoms with van der Waals surface area (Å²) in [6.07, 6.45) is 4.77. The third-order valence-electron chi connectivity index (χ3n) is 7.32. The predicted octanol–water partition coefficient (Wildman–Crippen LogP) is 7.09. The van der Waals surface area contributed by atoms with Crippen LogP contribution >= 0.6 is 0 Å². The van der Waals surface area contributed by atoms with Crippen molar-refractivity contribution in [3.63, 3.8) is 0 Å². The number of hydrogen-bond donors (Lipinski definition) is 1. The van der Waals surface area contributed by atoms with Crippen LogP contribution in [-0.2, 0) is 34.8 Å². The fourth-order valence-corrected chi connectivity index (χ4v) is 5.94. The molecule has 4 rings (SSSR count). The van der Waals surface area contributed by atoms with Crippen LogP contribution in [0.4, 0.5) is 10.1 Å². The topological polar surface area (TPSA) is 58.6 Å². The van der Waals surface area contributed by atoms with E-state index >= 15 is 0 Å². The van der Waals surface area contributed by atoms with Crippen molar-refractivity contribution in [1.29, 1.82) is 0 Å². The highest BCUT2D eigenvalue weighted by Gasteiger charge is 2.22. The van der Waals surface area contributed by atoms with Crippen LogP contribution in [0.2, 0.25) is 0 Å². The summed E-state index contributed by atoms with van der Waals surface area (Å²) in [7, 11) is -3.92. The molecule has 0 spiro atoms. The second-order valence-electron chi connectivity index (χ2n) is 11.5. The summed E-state index contributed by atoms with van der Waals surface area (Å²) in [4.78, 5) is 2.56. The largest absolute Gasteiger partial charge is 0.493 e. The van der Waals surface area contributed by atoms with Crippen LogP contribution in [0.1, 0.15) is 69.2 Å². The third kappa shape index (κ3) is 7.83. The Morgan fingerprint density at radius 3 is 2.44 bits per heavy atom. The normalized spacial score (nSPS) is 14.2. The number of rotatable bonds is 11. The highest BCUT2D eigenvalue weighted by molar-refractivity contribution is 7.92. The lowest BCUT2D eigenvalue weighted by Crippen LogP contribution is -2.32. The van der Waals surface area contributed by atoms with Gasteiger partial charge in [-0.1, -0.05) is 70.9 Å². The Morgan fingerprint density at radius 1 is 0.974 bits per heavy atom. The Labute approximate surface area is 233 Å². The van der Waals surface area contributed by atoms with Crippen molar-refractivity contribution >= 4 is 15.7 Å². The fourth-order valence-electron chi connectivity index (χ4n) is 4.82. The quantitative estimate of drug-likeness (QED) is 0.258. The molecule has 7 heteroatoms. The maximum atomic E-state index is 14.6. The van der Waals surface area contributed by atoms with Gasteiger partial charge in [0.05, 0.1) is 17.2 Å². The number of ether oxygens (including phenoxy) is 1. The minimum atomic E-state index is -3.92. The van der Waals surface area contributed by atoms with Crippen LogP contribution in [0.3, 0.4) is 0 Å². The number of sulfonamides is 1. The molecule has 0 saturated carbocycles. The van der Waals surface area contributed by atoms with E-state index in [1.807, 2.05) is 6.07 Å². The molecule has 210 valence electrons. The van der Waals surface area contributed by atoms with Gasteiger partial charge >= 0.3 is 0 Å². The molecule has 1 N–H and O–H groups in total. The van der Waals surface area contributed by atoms with E-state index in [1.165, 1.54) is 23.3 Å². The minimum absolute atomic E-state index is 0.0877. The van der Waals surface area contributed by atoms with Gasteiger partial charge in [-0.15, -0.1) is 0 Å². The average Bonchev–Trinajstić information content (AvgIpc) is 2.90. The van der Waals surface area contributed by atoms with Gasteiger partial charge in [-0.05, 0) is 71.2 Å². The Kier molecular flexibility index (Phi) is 9.34. The summed E-state index contributed by atoms with van der Waals surface area (Å²) in [6, 6.07) is 18.3. The number of nitrogens with zero attached hydrogens (tertiary/aromatic N) is 1. The molecule has 0 unspecified atom stereocenters. The molecule has 0 aliphatic carbocycles. The molecule has 39 heavy (non-hydrogen) atoms. The number of benzene rings is 3. The minimum Gasteiger partial charge on any atom is -0.493 e. The first-order valence-electron chi connectivity index (χ1n) is 13.9. The lowest BCUT2D eigenvalue weighted by molar-refractivity contribution is 0.257. The van der Waals surface area contributed by atoms with Crippen LogP contribution in [-0.4, -0.2) is 33.0 Å². The molecule has 5 nitrogen and oxygen atoms in total. The van der Waals surface area contributed by atoms with E-state index in [2.05, 4.69) is 61.6 Å². The van der Waals surface area contributed by atoms with Crippen molar-refractivity contribution in [2.24, 2.45) is 0 Å². The van der Waals surface area contributed by atoms with E-state index < -0.39 is 15.8 Å². The van der Waals surface area contributed by atoms with Gasteiger partial charge in [-0.3, -0.25) is 9.62 Å². The number of anilines is 1. The zero-order chi connectivity index (χ0) is 28.0. The monoisotopic (exact) mass is 552 g/mol. The van der Waals surface area contributed by atoms with Crippen molar-refractivity contribution in [1.82, 2.24) is 4.90 Å². The number of nitrogens with one attached hydrogen (secondary N) is 1. The number of unbranched alkanes of at least 4 members (excludes halogenated alkanes) is 2. The van der Waals surface area contributed by atoms with E-state index in [4.69, 9.17) is 4.74 Å². The van der Waals surface area contributed by atoms with Crippen molar-refractivity contribution in [3.05, 3.63) is 88.7 Å². The Balaban J connectivity index is 1.35. The molecule has 0 amide bonds. The molecular weight excluding hydrogens is 511 g/mol.